The predicted octanol–water partition coefficient (Wildman–Crippen LogP) is 3.68. The van der Waals surface area contributed by atoms with Gasteiger partial charge in [-0.15, -0.1) is 11.3 Å². The molecule has 1 atom stereocenters. The maximum absolute atomic E-state index is 12.5. The van der Waals surface area contributed by atoms with E-state index in [1.165, 1.54) is 39.2 Å². The van der Waals surface area contributed by atoms with Crippen LogP contribution >= 0.6 is 22.9 Å². The summed E-state index contributed by atoms with van der Waals surface area (Å²) in [7, 11) is 1.63. The average molecular weight is 538 g/mol. The van der Waals surface area contributed by atoms with Gasteiger partial charge in [0, 0.05) is 54.3 Å². The molecule has 6 rings (SSSR count). The summed E-state index contributed by atoms with van der Waals surface area (Å²) >= 11 is 8.04. The van der Waals surface area contributed by atoms with Crippen LogP contribution in [0, 0.1) is 6.92 Å². The molecule has 2 aliphatic rings. The number of rotatable bonds is 5. The summed E-state index contributed by atoms with van der Waals surface area (Å²) in [4.78, 5) is 34.9. The Kier molecular flexibility index (Phi) is 6.27. The van der Waals surface area contributed by atoms with Crippen molar-refractivity contribution in [3.8, 4) is 11.3 Å². The Bertz CT molecular complexity index is 1620. The molecule has 4 aromatic rings. The zero-order chi connectivity index (χ0) is 25.7. The summed E-state index contributed by atoms with van der Waals surface area (Å²) in [6.07, 6.45) is 7.32. The van der Waals surface area contributed by atoms with Gasteiger partial charge in [-0.2, -0.15) is 0 Å². The fourth-order valence-electron chi connectivity index (χ4n) is 5.45. The minimum Gasteiger partial charge on any atom is -0.369 e. The number of nitrogens with zero attached hydrogens (tertiary/aromatic N) is 4. The van der Waals surface area contributed by atoms with E-state index in [4.69, 9.17) is 16.3 Å². The number of nitrogens with one attached hydrogen (secondary N) is 1. The van der Waals surface area contributed by atoms with E-state index in [1.807, 2.05) is 18.2 Å². The van der Waals surface area contributed by atoms with Gasteiger partial charge in [-0.1, -0.05) is 11.6 Å². The molecule has 0 amide bonds. The second-order valence-electron chi connectivity index (χ2n) is 10.1. The standard InChI is InChI=1S/C27H28ClN5O3S/c1-16-8-17(28)9-21(20(16)10-18-12-29-14-27(36-18)5-3-6-27)24-25-22(30-15-31-24)11-19(37-25)13-33-23(34)4-7-32(2)26(33)35/h4,7-9,11,15,18,29H,3,5-6,10,12-14H2,1-2H3. The highest BCUT2D eigenvalue weighted by atomic mass is 35.5. The lowest BCUT2D eigenvalue weighted by atomic mass is 9.78. The molecule has 2 fully saturated rings. The number of morpholine rings is 1. The molecule has 1 aromatic carbocycles. The van der Waals surface area contributed by atoms with Crippen molar-refractivity contribution in [2.45, 2.75) is 50.9 Å². The van der Waals surface area contributed by atoms with Gasteiger partial charge in [0.15, 0.2) is 0 Å². The second-order valence-corrected chi connectivity index (χ2v) is 11.7. The van der Waals surface area contributed by atoms with Crippen LogP contribution in [0.2, 0.25) is 5.02 Å². The fraction of sp³-hybridized carbons (Fsp3) is 0.407. The first-order chi connectivity index (χ1) is 17.8. The van der Waals surface area contributed by atoms with Gasteiger partial charge in [-0.05, 0) is 55.5 Å². The lowest BCUT2D eigenvalue weighted by molar-refractivity contribution is -0.156. The van der Waals surface area contributed by atoms with E-state index in [-0.39, 0.29) is 29.5 Å². The summed E-state index contributed by atoms with van der Waals surface area (Å²) in [6, 6.07) is 7.29. The molecule has 192 valence electrons. The molecule has 1 aliphatic heterocycles. The van der Waals surface area contributed by atoms with Crippen molar-refractivity contribution >= 4 is 33.2 Å². The van der Waals surface area contributed by atoms with Crippen molar-refractivity contribution in [1.82, 2.24) is 24.4 Å². The average Bonchev–Trinajstić information content (AvgIpc) is 3.28. The minimum atomic E-state index is -0.352. The summed E-state index contributed by atoms with van der Waals surface area (Å²) in [5.74, 6) is 0. The lowest BCUT2D eigenvalue weighted by Crippen LogP contribution is -2.57. The summed E-state index contributed by atoms with van der Waals surface area (Å²) in [5.41, 5.74) is 4.11. The van der Waals surface area contributed by atoms with Crippen LogP contribution in [0.15, 0.2) is 46.4 Å². The Morgan fingerprint density at radius 3 is 2.86 bits per heavy atom. The van der Waals surface area contributed by atoms with Gasteiger partial charge in [0.2, 0.25) is 0 Å². The maximum Gasteiger partial charge on any atom is 0.331 e. The molecule has 1 aliphatic carbocycles. The number of benzene rings is 1. The van der Waals surface area contributed by atoms with E-state index < -0.39 is 0 Å². The van der Waals surface area contributed by atoms with Crippen LogP contribution < -0.4 is 16.6 Å². The first kappa shape index (κ1) is 24.5. The van der Waals surface area contributed by atoms with Gasteiger partial charge in [0.25, 0.3) is 5.56 Å². The van der Waals surface area contributed by atoms with E-state index >= 15 is 0 Å². The van der Waals surface area contributed by atoms with Crippen LogP contribution in [0.3, 0.4) is 0 Å². The van der Waals surface area contributed by atoms with Crippen molar-refractivity contribution in [3.05, 3.63) is 78.7 Å². The second kappa shape index (κ2) is 9.47. The molecule has 37 heavy (non-hydrogen) atoms. The van der Waals surface area contributed by atoms with Gasteiger partial charge >= 0.3 is 5.69 Å². The van der Waals surface area contributed by atoms with E-state index in [0.29, 0.717) is 5.02 Å². The molecule has 1 spiro atoms. The smallest absolute Gasteiger partial charge is 0.331 e. The zero-order valence-electron chi connectivity index (χ0n) is 20.8. The molecule has 10 heteroatoms. The fourth-order valence-corrected chi connectivity index (χ4v) is 6.82. The monoisotopic (exact) mass is 537 g/mol. The Morgan fingerprint density at radius 1 is 1.24 bits per heavy atom. The van der Waals surface area contributed by atoms with Gasteiger partial charge < -0.3 is 14.6 Å². The van der Waals surface area contributed by atoms with Crippen LogP contribution in [-0.2, 0) is 24.8 Å². The third-order valence-electron chi connectivity index (χ3n) is 7.54. The highest BCUT2D eigenvalue weighted by molar-refractivity contribution is 7.19. The largest absolute Gasteiger partial charge is 0.369 e. The van der Waals surface area contributed by atoms with Crippen LogP contribution in [0.25, 0.3) is 21.5 Å². The van der Waals surface area contributed by atoms with Crippen molar-refractivity contribution < 1.29 is 4.74 Å². The highest BCUT2D eigenvalue weighted by Crippen LogP contribution is 2.40. The van der Waals surface area contributed by atoms with Gasteiger partial charge in [-0.25, -0.2) is 14.8 Å². The number of ether oxygens (including phenoxy) is 1. The first-order valence-electron chi connectivity index (χ1n) is 12.5. The SMILES string of the molecule is Cc1cc(Cl)cc(-c2ncnc3cc(Cn4c(=O)ccn(C)c4=O)sc23)c1CC1CNCC2(CCC2)O1. The van der Waals surface area contributed by atoms with Crippen LogP contribution in [0.4, 0.5) is 0 Å². The van der Waals surface area contributed by atoms with Gasteiger partial charge in [0.1, 0.15) is 6.33 Å². The molecule has 1 saturated heterocycles. The van der Waals surface area contributed by atoms with Gasteiger partial charge in [-0.3, -0.25) is 9.36 Å². The number of thiophene rings is 1. The Hall–Kier alpha value is -2.85. The van der Waals surface area contributed by atoms with Crippen LogP contribution in [-0.4, -0.2) is 43.9 Å². The maximum atomic E-state index is 12.5. The number of hydrogen-bond donors (Lipinski definition) is 1. The third kappa shape index (κ3) is 4.54. The van der Waals surface area contributed by atoms with E-state index in [9.17, 15) is 9.59 Å². The molecule has 8 nitrogen and oxygen atoms in total. The van der Waals surface area contributed by atoms with Crippen LogP contribution in [0.1, 0.15) is 35.3 Å². The molecule has 3 aromatic heterocycles. The Labute approximate surface area is 222 Å². The first-order valence-corrected chi connectivity index (χ1v) is 13.7. The summed E-state index contributed by atoms with van der Waals surface area (Å²) in [6.45, 7) is 3.99. The van der Waals surface area contributed by atoms with Crippen molar-refractivity contribution in [2.24, 2.45) is 7.05 Å². The molecular formula is C27H28ClN5O3S. The Morgan fingerprint density at radius 2 is 2.08 bits per heavy atom. The minimum absolute atomic E-state index is 0.0131. The number of aromatic nitrogens is 4. The quantitative estimate of drug-likeness (QED) is 0.417. The zero-order valence-corrected chi connectivity index (χ0v) is 22.4. The summed E-state index contributed by atoms with van der Waals surface area (Å²) in [5, 5.41) is 4.23. The number of hydrogen-bond acceptors (Lipinski definition) is 7. The number of fused-ring (bicyclic) bond motifs is 1. The lowest BCUT2D eigenvalue weighted by Gasteiger charge is -2.48. The van der Waals surface area contributed by atoms with E-state index in [2.05, 4.69) is 22.2 Å². The number of aryl methyl sites for hydroxylation is 2. The molecule has 0 bridgehead atoms. The highest BCUT2D eigenvalue weighted by Gasteiger charge is 2.42. The number of halogens is 1. The van der Waals surface area contributed by atoms with Crippen molar-refractivity contribution in [1.29, 1.82) is 0 Å². The topological polar surface area (TPSA) is 91.0 Å². The van der Waals surface area contributed by atoms with Crippen molar-refractivity contribution in [3.63, 3.8) is 0 Å². The Balaban J connectivity index is 1.39. The molecule has 1 saturated carbocycles. The normalized spacial score (nSPS) is 18.8. The third-order valence-corrected chi connectivity index (χ3v) is 8.87. The predicted molar refractivity (Wildman–Crippen MR) is 146 cm³/mol. The molecular weight excluding hydrogens is 510 g/mol. The molecule has 0 radical (unpaired) electrons. The van der Waals surface area contributed by atoms with Crippen LogP contribution in [0.5, 0.6) is 0 Å². The van der Waals surface area contributed by atoms with Crippen molar-refractivity contribution in [2.75, 3.05) is 13.1 Å². The molecule has 1 unspecified atom stereocenters. The van der Waals surface area contributed by atoms with E-state index in [1.54, 1.807) is 13.4 Å². The molecule has 4 heterocycles. The summed E-state index contributed by atoms with van der Waals surface area (Å²) < 4.78 is 10.1. The molecule has 1 N–H and O–H groups in total. The van der Waals surface area contributed by atoms with Gasteiger partial charge in [0.05, 0.1) is 34.2 Å². The van der Waals surface area contributed by atoms with E-state index in [0.717, 1.165) is 69.8 Å².